The minimum atomic E-state index is -0.386. The van der Waals surface area contributed by atoms with Gasteiger partial charge in [0.05, 0.1) is 5.92 Å². The summed E-state index contributed by atoms with van der Waals surface area (Å²) in [6.07, 6.45) is 8.91. The summed E-state index contributed by atoms with van der Waals surface area (Å²) in [7, 11) is 0. The standard InChI is InChI=1S/C19H22O2/c1-2-3-11-19(15-7-5-4-6-8-15)17-14-10-9-13(12-14)16(17)18(20)21-19/h4-10,13-14,16-17H,2-3,11-12H2,1H3/t13-,14+,16-,17+,19-/m0/s1. The summed E-state index contributed by atoms with van der Waals surface area (Å²) < 4.78 is 6.11. The summed E-state index contributed by atoms with van der Waals surface area (Å²) in [5.74, 6) is 1.41. The van der Waals surface area contributed by atoms with Crippen molar-refractivity contribution in [1.82, 2.24) is 0 Å². The lowest BCUT2D eigenvalue weighted by Crippen LogP contribution is -2.36. The first kappa shape index (κ1) is 13.1. The molecule has 2 aliphatic carbocycles. The van der Waals surface area contributed by atoms with Crippen molar-refractivity contribution >= 4 is 5.97 Å². The minimum Gasteiger partial charge on any atom is -0.454 e. The van der Waals surface area contributed by atoms with Gasteiger partial charge in [-0.25, -0.2) is 0 Å². The third-order valence-corrected chi connectivity index (χ3v) is 5.72. The quantitative estimate of drug-likeness (QED) is 0.614. The maximum Gasteiger partial charge on any atom is 0.310 e. The lowest BCUT2D eigenvalue weighted by Gasteiger charge is -2.36. The number of carbonyl (C=O) groups is 1. The zero-order chi connectivity index (χ0) is 14.4. The summed E-state index contributed by atoms with van der Waals surface area (Å²) in [5.41, 5.74) is 0.809. The van der Waals surface area contributed by atoms with E-state index in [1.165, 1.54) is 5.56 Å². The van der Waals surface area contributed by atoms with Gasteiger partial charge in [0, 0.05) is 5.92 Å². The summed E-state index contributed by atoms with van der Waals surface area (Å²) >= 11 is 0. The van der Waals surface area contributed by atoms with E-state index in [9.17, 15) is 4.79 Å². The van der Waals surface area contributed by atoms with E-state index in [0.29, 0.717) is 17.8 Å². The van der Waals surface area contributed by atoms with Crippen molar-refractivity contribution in [2.75, 3.05) is 0 Å². The van der Waals surface area contributed by atoms with Crippen molar-refractivity contribution in [2.45, 2.75) is 38.2 Å². The Bertz CT molecular complexity index is 576. The van der Waals surface area contributed by atoms with Gasteiger partial charge in [0.25, 0.3) is 0 Å². The van der Waals surface area contributed by atoms with Crippen LogP contribution in [0.2, 0.25) is 0 Å². The maximum atomic E-state index is 12.5. The van der Waals surface area contributed by atoms with Gasteiger partial charge in [-0.2, -0.15) is 0 Å². The molecule has 1 saturated heterocycles. The fourth-order valence-corrected chi connectivity index (χ4v) is 4.87. The number of hydrogen-bond acceptors (Lipinski definition) is 2. The molecule has 1 aromatic rings. The zero-order valence-corrected chi connectivity index (χ0v) is 12.5. The molecule has 3 aliphatic rings. The monoisotopic (exact) mass is 282 g/mol. The van der Waals surface area contributed by atoms with E-state index in [-0.39, 0.29) is 17.5 Å². The van der Waals surface area contributed by atoms with Gasteiger partial charge < -0.3 is 4.74 Å². The predicted octanol–water partition coefficient (Wildman–Crippen LogP) is 4.07. The molecule has 110 valence electrons. The second-order valence-electron chi connectivity index (χ2n) is 6.78. The Hall–Kier alpha value is -1.57. The SMILES string of the molecule is CCCC[C@@]1(c2ccccc2)OC(=O)[C@@H]2[C@H]1[C@@H]1C=C[C@H]2C1. The summed E-state index contributed by atoms with van der Waals surface area (Å²) in [5, 5.41) is 0. The summed E-state index contributed by atoms with van der Waals surface area (Å²) in [6, 6.07) is 10.4. The van der Waals surface area contributed by atoms with Gasteiger partial charge in [-0.05, 0) is 36.7 Å². The average molecular weight is 282 g/mol. The van der Waals surface area contributed by atoms with Gasteiger partial charge >= 0.3 is 5.97 Å². The van der Waals surface area contributed by atoms with Gasteiger partial charge in [-0.3, -0.25) is 4.79 Å². The van der Waals surface area contributed by atoms with Crippen molar-refractivity contribution in [1.29, 1.82) is 0 Å². The van der Waals surface area contributed by atoms with Gasteiger partial charge in [0.15, 0.2) is 0 Å². The number of allylic oxidation sites excluding steroid dienone is 2. The molecule has 0 N–H and O–H groups in total. The Morgan fingerprint density at radius 2 is 1.95 bits per heavy atom. The number of esters is 1. The molecule has 0 spiro atoms. The van der Waals surface area contributed by atoms with E-state index in [0.717, 1.165) is 25.7 Å². The number of unbranched alkanes of at least 4 members (excludes halogenated alkanes) is 1. The van der Waals surface area contributed by atoms with Gasteiger partial charge in [0.2, 0.25) is 0 Å². The summed E-state index contributed by atoms with van der Waals surface area (Å²) in [6.45, 7) is 2.20. The van der Waals surface area contributed by atoms with Gasteiger partial charge in [-0.15, -0.1) is 0 Å². The first-order valence-corrected chi connectivity index (χ1v) is 8.23. The van der Waals surface area contributed by atoms with Crippen LogP contribution in [0.4, 0.5) is 0 Å². The smallest absolute Gasteiger partial charge is 0.310 e. The highest BCUT2D eigenvalue weighted by molar-refractivity contribution is 5.78. The molecule has 5 atom stereocenters. The molecule has 1 aliphatic heterocycles. The third kappa shape index (κ3) is 1.74. The van der Waals surface area contributed by atoms with Crippen LogP contribution in [-0.2, 0) is 15.1 Å². The van der Waals surface area contributed by atoms with Crippen LogP contribution in [0, 0.1) is 23.7 Å². The van der Waals surface area contributed by atoms with Crippen LogP contribution in [0.5, 0.6) is 0 Å². The van der Waals surface area contributed by atoms with Crippen LogP contribution < -0.4 is 0 Å². The van der Waals surface area contributed by atoms with Crippen LogP contribution in [0.15, 0.2) is 42.5 Å². The first-order valence-electron chi connectivity index (χ1n) is 8.23. The fourth-order valence-electron chi connectivity index (χ4n) is 4.87. The van der Waals surface area contributed by atoms with Crippen LogP contribution in [0.3, 0.4) is 0 Å². The largest absolute Gasteiger partial charge is 0.454 e. The van der Waals surface area contributed by atoms with Crippen molar-refractivity contribution in [3.05, 3.63) is 48.0 Å². The molecule has 2 nitrogen and oxygen atoms in total. The van der Waals surface area contributed by atoms with Gasteiger partial charge in [-0.1, -0.05) is 55.8 Å². The maximum absolute atomic E-state index is 12.5. The van der Waals surface area contributed by atoms with Gasteiger partial charge in [0.1, 0.15) is 5.60 Å². The molecule has 1 aromatic carbocycles. The molecule has 0 unspecified atom stereocenters. The Balaban J connectivity index is 1.80. The topological polar surface area (TPSA) is 26.3 Å². The molecule has 0 radical (unpaired) electrons. The molecular formula is C19H22O2. The molecule has 2 bridgehead atoms. The molecule has 4 rings (SSSR count). The Morgan fingerprint density at radius 1 is 1.19 bits per heavy atom. The highest BCUT2D eigenvalue weighted by Crippen LogP contribution is 2.62. The number of hydrogen-bond donors (Lipinski definition) is 0. The zero-order valence-electron chi connectivity index (χ0n) is 12.5. The van der Waals surface area contributed by atoms with E-state index in [2.05, 4.69) is 43.3 Å². The molecule has 21 heavy (non-hydrogen) atoms. The lowest BCUT2D eigenvalue weighted by atomic mass is 9.69. The minimum absolute atomic E-state index is 0.0387. The van der Waals surface area contributed by atoms with Crippen molar-refractivity contribution in [3.63, 3.8) is 0 Å². The molecular weight excluding hydrogens is 260 g/mol. The average Bonchev–Trinajstić information content (AvgIpc) is 3.19. The van der Waals surface area contributed by atoms with E-state index >= 15 is 0 Å². The van der Waals surface area contributed by atoms with Crippen LogP contribution in [-0.4, -0.2) is 5.97 Å². The van der Waals surface area contributed by atoms with Crippen LogP contribution in [0.25, 0.3) is 0 Å². The second-order valence-corrected chi connectivity index (χ2v) is 6.78. The Morgan fingerprint density at radius 3 is 2.71 bits per heavy atom. The van der Waals surface area contributed by atoms with Crippen molar-refractivity contribution in [3.8, 4) is 0 Å². The van der Waals surface area contributed by atoms with Crippen LogP contribution in [0.1, 0.15) is 38.2 Å². The normalized spacial score (nSPS) is 39.6. The van der Waals surface area contributed by atoms with E-state index in [1.54, 1.807) is 0 Å². The summed E-state index contributed by atoms with van der Waals surface area (Å²) in [4.78, 5) is 12.5. The molecule has 1 saturated carbocycles. The molecule has 0 amide bonds. The fraction of sp³-hybridized carbons (Fsp3) is 0.526. The number of fused-ring (bicyclic) bond motifs is 5. The first-order chi connectivity index (χ1) is 10.3. The number of ether oxygens (including phenoxy) is 1. The molecule has 1 heterocycles. The number of cyclic esters (lactones) is 1. The lowest BCUT2D eigenvalue weighted by molar-refractivity contribution is -0.154. The van der Waals surface area contributed by atoms with Crippen molar-refractivity contribution in [2.24, 2.45) is 23.7 Å². The highest BCUT2D eigenvalue weighted by Gasteiger charge is 2.64. The number of benzene rings is 1. The number of rotatable bonds is 4. The van der Waals surface area contributed by atoms with E-state index in [4.69, 9.17) is 4.74 Å². The Kier molecular flexibility index (Phi) is 2.95. The Labute approximate surface area is 126 Å². The molecule has 2 fully saturated rings. The number of carbonyl (C=O) groups excluding carboxylic acids is 1. The second kappa shape index (κ2) is 4.72. The van der Waals surface area contributed by atoms with Crippen molar-refractivity contribution < 1.29 is 9.53 Å². The predicted molar refractivity (Wildman–Crippen MR) is 81.5 cm³/mol. The van der Waals surface area contributed by atoms with E-state index < -0.39 is 0 Å². The van der Waals surface area contributed by atoms with E-state index in [1.807, 2.05) is 6.07 Å². The highest BCUT2D eigenvalue weighted by atomic mass is 16.6. The van der Waals surface area contributed by atoms with Crippen LogP contribution >= 0.6 is 0 Å². The third-order valence-electron chi connectivity index (χ3n) is 5.72. The molecule has 0 aromatic heterocycles. The molecule has 2 heteroatoms.